The number of carbonyl (C=O) groups excluding carboxylic acids is 1. The molecule has 0 aliphatic heterocycles. The third-order valence-electron chi connectivity index (χ3n) is 4.36. The molecule has 0 spiro atoms. The highest BCUT2D eigenvalue weighted by Crippen LogP contribution is 2.26. The van der Waals surface area contributed by atoms with Gasteiger partial charge in [-0.25, -0.2) is 4.21 Å². The summed E-state index contributed by atoms with van der Waals surface area (Å²) in [5, 5.41) is 2.84. The van der Waals surface area contributed by atoms with Crippen LogP contribution >= 0.6 is 11.8 Å². The molecule has 1 atom stereocenters. The van der Waals surface area contributed by atoms with Crippen LogP contribution < -0.4 is 9.62 Å². The van der Waals surface area contributed by atoms with Gasteiger partial charge in [-0.05, 0) is 55.0 Å². The topological polar surface area (TPSA) is 49.4 Å². The summed E-state index contributed by atoms with van der Waals surface area (Å²) < 4.78 is 49.6. The number of carbonyl (C=O) groups is 1. The first-order valence-electron chi connectivity index (χ1n) is 9.44. The summed E-state index contributed by atoms with van der Waals surface area (Å²) >= 11 is 1.58. The SMILES string of the molecule is CN(c1ccccc1C(=O)Nc1ccc(SCCCCCC(F)(F)F)cc1)S(C)=O. The Morgan fingerprint density at radius 3 is 2.37 bits per heavy atom. The van der Waals surface area contributed by atoms with Crippen molar-refractivity contribution in [2.24, 2.45) is 0 Å². The highest BCUT2D eigenvalue weighted by molar-refractivity contribution is 7.99. The summed E-state index contributed by atoms with van der Waals surface area (Å²) in [4.78, 5) is 13.7. The molecule has 2 rings (SSSR count). The van der Waals surface area contributed by atoms with Gasteiger partial charge in [0, 0.05) is 30.3 Å². The van der Waals surface area contributed by atoms with Gasteiger partial charge >= 0.3 is 6.18 Å². The number of anilines is 2. The van der Waals surface area contributed by atoms with E-state index >= 15 is 0 Å². The van der Waals surface area contributed by atoms with E-state index in [4.69, 9.17) is 0 Å². The first kappa shape index (κ1) is 24.3. The van der Waals surface area contributed by atoms with Crippen LogP contribution in [0.2, 0.25) is 0 Å². The number of amides is 1. The summed E-state index contributed by atoms with van der Waals surface area (Å²) in [6.45, 7) is 0. The Morgan fingerprint density at radius 1 is 1.07 bits per heavy atom. The van der Waals surface area contributed by atoms with E-state index < -0.39 is 23.6 Å². The first-order chi connectivity index (χ1) is 14.2. The molecule has 0 radical (unpaired) electrons. The number of unbranched alkanes of at least 4 members (excludes halogenated alkanes) is 2. The smallest absolute Gasteiger partial charge is 0.322 e. The van der Waals surface area contributed by atoms with Crippen LogP contribution in [-0.4, -0.2) is 35.3 Å². The van der Waals surface area contributed by atoms with E-state index in [1.807, 2.05) is 12.1 Å². The van der Waals surface area contributed by atoms with Crippen LogP contribution in [0.1, 0.15) is 36.0 Å². The van der Waals surface area contributed by atoms with E-state index in [1.54, 1.807) is 61.5 Å². The molecule has 0 saturated carbocycles. The maximum absolute atomic E-state index is 12.7. The van der Waals surface area contributed by atoms with Gasteiger partial charge in [-0.15, -0.1) is 11.8 Å². The maximum Gasteiger partial charge on any atom is 0.389 e. The fourth-order valence-corrected chi connectivity index (χ4v) is 4.05. The Bertz CT molecular complexity index is 858. The number of thioether (sulfide) groups is 1. The fourth-order valence-electron chi connectivity index (χ4n) is 2.71. The molecule has 0 aromatic heterocycles. The van der Waals surface area contributed by atoms with Crippen LogP contribution in [0.3, 0.4) is 0 Å². The molecular formula is C21H25F3N2O2S2. The minimum absolute atomic E-state index is 0.164. The lowest BCUT2D eigenvalue weighted by Crippen LogP contribution is -2.23. The van der Waals surface area contributed by atoms with Gasteiger partial charge in [-0.2, -0.15) is 13.2 Å². The molecule has 4 nitrogen and oxygen atoms in total. The normalized spacial score (nSPS) is 12.4. The lowest BCUT2D eigenvalue weighted by Gasteiger charge is -2.19. The van der Waals surface area contributed by atoms with Crippen LogP contribution in [0, 0.1) is 0 Å². The van der Waals surface area contributed by atoms with Crippen LogP contribution in [0.4, 0.5) is 24.5 Å². The van der Waals surface area contributed by atoms with Crippen molar-refractivity contribution in [3.8, 4) is 0 Å². The Balaban J connectivity index is 1.86. The quantitative estimate of drug-likeness (QED) is 0.357. The Labute approximate surface area is 181 Å². The summed E-state index contributed by atoms with van der Waals surface area (Å²) in [5.41, 5.74) is 1.63. The van der Waals surface area contributed by atoms with Crippen molar-refractivity contribution >= 4 is 40.0 Å². The zero-order valence-electron chi connectivity index (χ0n) is 16.9. The van der Waals surface area contributed by atoms with Gasteiger partial charge in [-0.1, -0.05) is 18.6 Å². The Kier molecular flexibility index (Phi) is 9.23. The summed E-state index contributed by atoms with van der Waals surface area (Å²) in [6, 6.07) is 14.3. The summed E-state index contributed by atoms with van der Waals surface area (Å²) in [6.07, 6.45) is -1.81. The molecule has 1 amide bonds. The van der Waals surface area contributed by atoms with Gasteiger partial charge in [0.1, 0.15) is 11.0 Å². The average Bonchev–Trinajstić information content (AvgIpc) is 2.70. The van der Waals surface area contributed by atoms with E-state index in [1.165, 1.54) is 4.31 Å². The minimum atomic E-state index is -4.07. The molecule has 30 heavy (non-hydrogen) atoms. The third kappa shape index (κ3) is 8.02. The molecule has 9 heteroatoms. The zero-order valence-corrected chi connectivity index (χ0v) is 18.5. The van der Waals surface area contributed by atoms with E-state index in [0.717, 1.165) is 17.1 Å². The van der Waals surface area contributed by atoms with Gasteiger partial charge in [0.15, 0.2) is 0 Å². The van der Waals surface area contributed by atoms with E-state index in [2.05, 4.69) is 5.32 Å². The number of hydrogen-bond donors (Lipinski definition) is 1. The third-order valence-corrected chi connectivity index (χ3v) is 6.43. The zero-order chi connectivity index (χ0) is 22.1. The number of rotatable bonds is 10. The molecule has 0 aliphatic carbocycles. The molecule has 2 aromatic rings. The molecule has 0 saturated heterocycles. The predicted molar refractivity (Wildman–Crippen MR) is 119 cm³/mol. The second-order valence-electron chi connectivity index (χ2n) is 6.69. The maximum atomic E-state index is 12.7. The van der Waals surface area contributed by atoms with Crippen molar-refractivity contribution in [1.82, 2.24) is 0 Å². The number of nitrogens with one attached hydrogen (secondary N) is 1. The number of nitrogens with zero attached hydrogens (tertiary/aromatic N) is 1. The van der Waals surface area contributed by atoms with E-state index in [-0.39, 0.29) is 12.3 Å². The lowest BCUT2D eigenvalue weighted by atomic mass is 10.1. The van der Waals surface area contributed by atoms with Crippen molar-refractivity contribution in [2.45, 2.75) is 36.8 Å². The minimum Gasteiger partial charge on any atom is -0.322 e. The number of para-hydroxylation sites is 1. The van der Waals surface area contributed by atoms with Gasteiger partial charge in [-0.3, -0.25) is 9.10 Å². The first-order valence-corrected chi connectivity index (χ1v) is 11.9. The van der Waals surface area contributed by atoms with Crippen molar-refractivity contribution in [3.05, 3.63) is 54.1 Å². The number of hydrogen-bond acceptors (Lipinski definition) is 3. The monoisotopic (exact) mass is 458 g/mol. The van der Waals surface area contributed by atoms with Gasteiger partial charge in [0.05, 0.1) is 11.3 Å². The Hall–Kier alpha value is -2.00. The van der Waals surface area contributed by atoms with Gasteiger partial charge < -0.3 is 5.32 Å². The molecule has 164 valence electrons. The summed E-state index contributed by atoms with van der Waals surface area (Å²) in [5.74, 6) is 0.449. The highest BCUT2D eigenvalue weighted by atomic mass is 32.2. The summed E-state index contributed by atoms with van der Waals surface area (Å²) in [7, 11) is 0.411. The van der Waals surface area contributed by atoms with Crippen molar-refractivity contribution in [2.75, 3.05) is 28.7 Å². The second-order valence-corrected chi connectivity index (χ2v) is 9.25. The molecule has 0 fully saturated rings. The van der Waals surface area contributed by atoms with E-state index in [0.29, 0.717) is 23.4 Å². The van der Waals surface area contributed by atoms with Gasteiger partial charge in [0.2, 0.25) is 0 Å². The molecular weight excluding hydrogens is 433 g/mol. The number of alkyl halides is 3. The lowest BCUT2D eigenvalue weighted by molar-refractivity contribution is -0.135. The standard InChI is InChI=1S/C21H25F3N2O2S2/c1-26(30(2)28)19-9-5-4-8-18(19)20(27)25-16-10-12-17(13-11-16)29-15-7-3-6-14-21(22,23)24/h4-5,8-13H,3,6-7,14-15H2,1-2H3,(H,25,27). The Morgan fingerprint density at radius 2 is 1.73 bits per heavy atom. The molecule has 0 heterocycles. The highest BCUT2D eigenvalue weighted by Gasteiger charge is 2.25. The molecule has 0 bridgehead atoms. The molecule has 0 aliphatic rings. The number of halogens is 3. The number of benzene rings is 2. The van der Waals surface area contributed by atoms with Crippen LogP contribution in [0.15, 0.2) is 53.4 Å². The van der Waals surface area contributed by atoms with Crippen molar-refractivity contribution in [3.63, 3.8) is 0 Å². The average molecular weight is 459 g/mol. The largest absolute Gasteiger partial charge is 0.389 e. The van der Waals surface area contributed by atoms with Crippen molar-refractivity contribution < 1.29 is 22.2 Å². The van der Waals surface area contributed by atoms with Crippen LogP contribution in [0.25, 0.3) is 0 Å². The molecule has 1 N–H and O–H groups in total. The second kappa shape index (κ2) is 11.4. The fraction of sp³-hybridized carbons (Fsp3) is 0.381. The predicted octanol–water partition coefficient (Wildman–Crippen LogP) is 5.88. The molecule has 2 aromatic carbocycles. The van der Waals surface area contributed by atoms with Crippen molar-refractivity contribution in [1.29, 1.82) is 0 Å². The van der Waals surface area contributed by atoms with Crippen LogP contribution in [-0.2, 0) is 11.0 Å². The van der Waals surface area contributed by atoms with Crippen LogP contribution in [0.5, 0.6) is 0 Å². The van der Waals surface area contributed by atoms with Gasteiger partial charge in [0.25, 0.3) is 5.91 Å². The molecule has 1 unspecified atom stereocenters. The van der Waals surface area contributed by atoms with E-state index in [9.17, 15) is 22.2 Å².